The van der Waals surface area contributed by atoms with Crippen molar-refractivity contribution < 1.29 is 23.5 Å². The third kappa shape index (κ3) is 2.40. The zero-order valence-corrected chi connectivity index (χ0v) is 10.0. The van der Waals surface area contributed by atoms with E-state index in [4.69, 9.17) is 0 Å². The molecular formula is C10H10O5Si. The molecule has 0 atom stereocenters. The summed E-state index contributed by atoms with van der Waals surface area (Å²) in [5.41, 5.74) is 0.466. The van der Waals surface area contributed by atoms with Gasteiger partial charge in [-0.05, 0) is 18.2 Å². The predicted molar refractivity (Wildman–Crippen MR) is 56.6 cm³/mol. The Labute approximate surface area is 94.2 Å². The summed E-state index contributed by atoms with van der Waals surface area (Å²) < 4.78 is 20.0. The predicted octanol–water partition coefficient (Wildman–Crippen LogP) is -0.333. The molecule has 0 bridgehead atoms. The van der Waals surface area contributed by atoms with Gasteiger partial charge in [0.2, 0.25) is 0 Å². The van der Waals surface area contributed by atoms with Gasteiger partial charge in [-0.25, -0.2) is 9.59 Å². The third-order valence-electron chi connectivity index (χ3n) is 2.00. The summed E-state index contributed by atoms with van der Waals surface area (Å²) in [6.45, 7) is 0. The Morgan fingerprint density at radius 2 is 1.75 bits per heavy atom. The zero-order valence-electron chi connectivity index (χ0n) is 8.85. The lowest BCUT2D eigenvalue weighted by Gasteiger charge is -2.04. The van der Waals surface area contributed by atoms with E-state index < -0.39 is 21.3 Å². The van der Waals surface area contributed by atoms with Crippen molar-refractivity contribution in [3.63, 3.8) is 0 Å². The van der Waals surface area contributed by atoms with Crippen molar-refractivity contribution in [1.29, 1.82) is 0 Å². The first-order valence-electron chi connectivity index (χ1n) is 4.40. The first kappa shape index (κ1) is 12.2. The molecule has 84 valence electrons. The van der Waals surface area contributed by atoms with Crippen LogP contribution in [0.5, 0.6) is 0 Å². The van der Waals surface area contributed by atoms with Gasteiger partial charge in [0.05, 0.1) is 25.3 Å². The third-order valence-corrected chi connectivity index (χ3v) is 2.74. The van der Waals surface area contributed by atoms with E-state index in [0.29, 0.717) is 5.19 Å². The standard InChI is InChI=1S/C10H10O5Si/c1-14-9(11)6-3-4-7(10(12)15-2)8(5-6)16-13/h3-5,16H,1-2H3. The van der Waals surface area contributed by atoms with Crippen LogP contribution in [0.4, 0.5) is 0 Å². The number of hydrogen-bond acceptors (Lipinski definition) is 5. The summed E-state index contributed by atoms with van der Waals surface area (Å²) in [7, 11) is 1.16. The molecule has 0 saturated heterocycles. The molecule has 0 unspecified atom stereocenters. The highest BCUT2D eigenvalue weighted by atomic mass is 28.2. The summed E-state index contributed by atoms with van der Waals surface area (Å²) in [4.78, 5) is 22.5. The largest absolute Gasteiger partial charge is 0.465 e. The quantitative estimate of drug-likeness (QED) is 0.532. The average molecular weight is 238 g/mol. The summed E-state index contributed by atoms with van der Waals surface area (Å²) >= 11 is 0. The minimum Gasteiger partial charge on any atom is -0.465 e. The number of methoxy groups -OCH3 is 2. The minimum absolute atomic E-state index is 0.208. The lowest BCUT2D eigenvalue weighted by Crippen LogP contribution is -2.21. The van der Waals surface area contributed by atoms with Crippen LogP contribution in [0.15, 0.2) is 18.2 Å². The van der Waals surface area contributed by atoms with Crippen LogP contribution in [0.1, 0.15) is 20.7 Å². The topological polar surface area (TPSA) is 69.7 Å². The number of carbonyl (C=O) groups is 2. The number of carbonyl (C=O) groups excluding carboxylic acids is 2. The van der Waals surface area contributed by atoms with Gasteiger partial charge in [0, 0.05) is 5.19 Å². The first-order chi connectivity index (χ1) is 7.63. The molecular weight excluding hydrogens is 228 g/mol. The molecule has 0 heterocycles. The van der Waals surface area contributed by atoms with Gasteiger partial charge in [0.1, 0.15) is 0 Å². The van der Waals surface area contributed by atoms with Crippen molar-refractivity contribution in [3.05, 3.63) is 29.3 Å². The van der Waals surface area contributed by atoms with Gasteiger partial charge in [-0.3, -0.25) is 0 Å². The van der Waals surface area contributed by atoms with Crippen molar-refractivity contribution in [1.82, 2.24) is 0 Å². The van der Waals surface area contributed by atoms with E-state index in [9.17, 15) is 14.1 Å². The molecule has 5 nitrogen and oxygen atoms in total. The Hall–Kier alpha value is -1.82. The van der Waals surface area contributed by atoms with Crippen molar-refractivity contribution in [2.24, 2.45) is 0 Å². The molecule has 1 rings (SSSR count). The van der Waals surface area contributed by atoms with Crippen molar-refractivity contribution in [2.75, 3.05) is 14.2 Å². The number of benzene rings is 1. The molecule has 0 amide bonds. The molecule has 0 spiro atoms. The Morgan fingerprint density at radius 3 is 2.25 bits per heavy atom. The van der Waals surface area contributed by atoms with Crippen LogP contribution >= 0.6 is 0 Å². The molecule has 0 radical (unpaired) electrons. The normalized spacial score (nSPS) is 9.38. The Balaban J connectivity index is 3.21. The Kier molecular flexibility index (Phi) is 4.07. The molecule has 0 aliphatic rings. The molecule has 0 saturated carbocycles. The maximum atomic E-state index is 11.3. The SMILES string of the molecule is COC(=O)c1ccc(C(=O)OC)c([SiH]=O)c1. The molecule has 0 fully saturated rings. The van der Waals surface area contributed by atoms with E-state index in [0.717, 1.165) is 0 Å². The van der Waals surface area contributed by atoms with Crippen LogP contribution in [0.3, 0.4) is 0 Å². The van der Waals surface area contributed by atoms with E-state index in [1.807, 2.05) is 0 Å². The summed E-state index contributed by atoms with van der Waals surface area (Å²) in [5.74, 6) is -1.11. The van der Waals surface area contributed by atoms with Crippen LogP contribution in [0.2, 0.25) is 0 Å². The average Bonchev–Trinajstić information content (AvgIpc) is 2.35. The van der Waals surface area contributed by atoms with E-state index in [2.05, 4.69) is 9.47 Å². The van der Waals surface area contributed by atoms with Gasteiger partial charge >= 0.3 is 11.9 Å². The van der Waals surface area contributed by atoms with Gasteiger partial charge in [0.25, 0.3) is 9.41 Å². The second-order valence-electron chi connectivity index (χ2n) is 2.90. The maximum Gasteiger partial charge on any atom is 0.338 e. The molecule has 1 aromatic rings. The highest BCUT2D eigenvalue weighted by Gasteiger charge is 2.14. The Bertz CT molecular complexity index is 441. The zero-order chi connectivity index (χ0) is 12.1. The van der Waals surface area contributed by atoms with Gasteiger partial charge in [-0.15, -0.1) is 0 Å². The van der Waals surface area contributed by atoms with E-state index in [1.54, 1.807) is 0 Å². The highest BCUT2D eigenvalue weighted by Crippen LogP contribution is 2.04. The smallest absolute Gasteiger partial charge is 0.338 e. The second-order valence-corrected chi connectivity index (χ2v) is 3.76. The lowest BCUT2D eigenvalue weighted by molar-refractivity contribution is 0.0588. The molecule has 6 heteroatoms. The minimum atomic E-state index is -1.33. The maximum absolute atomic E-state index is 11.3. The van der Waals surface area contributed by atoms with Crippen LogP contribution in [-0.2, 0) is 13.9 Å². The van der Waals surface area contributed by atoms with Crippen molar-refractivity contribution in [2.45, 2.75) is 0 Å². The summed E-state index contributed by atoms with van der Waals surface area (Å²) in [6.07, 6.45) is 0. The molecule has 1 aromatic carbocycles. The summed E-state index contributed by atoms with van der Waals surface area (Å²) in [6, 6.07) is 4.20. The summed E-state index contributed by atoms with van der Waals surface area (Å²) in [5, 5.41) is 0.301. The number of esters is 2. The van der Waals surface area contributed by atoms with Crippen LogP contribution < -0.4 is 5.19 Å². The molecule has 0 aliphatic carbocycles. The highest BCUT2D eigenvalue weighted by molar-refractivity contribution is 6.42. The van der Waals surface area contributed by atoms with Gasteiger partial charge in [-0.2, -0.15) is 0 Å². The molecule has 0 N–H and O–H groups in total. The van der Waals surface area contributed by atoms with Crippen LogP contribution in [0.25, 0.3) is 0 Å². The van der Waals surface area contributed by atoms with Gasteiger partial charge < -0.3 is 13.9 Å². The fourth-order valence-corrected chi connectivity index (χ4v) is 1.79. The molecule has 0 aliphatic heterocycles. The second kappa shape index (κ2) is 5.31. The number of ether oxygens (including phenoxy) is 2. The van der Waals surface area contributed by atoms with E-state index >= 15 is 0 Å². The monoisotopic (exact) mass is 238 g/mol. The van der Waals surface area contributed by atoms with Crippen molar-refractivity contribution in [3.8, 4) is 0 Å². The van der Waals surface area contributed by atoms with Crippen LogP contribution in [-0.4, -0.2) is 35.6 Å². The number of rotatable bonds is 3. The molecule has 16 heavy (non-hydrogen) atoms. The first-order valence-corrected chi connectivity index (χ1v) is 5.44. The fraction of sp³-hybridized carbons (Fsp3) is 0.200. The fourth-order valence-electron chi connectivity index (χ4n) is 1.20. The number of hydrogen-bond donors (Lipinski definition) is 0. The van der Waals surface area contributed by atoms with E-state index in [1.165, 1.54) is 32.4 Å². The van der Waals surface area contributed by atoms with Gasteiger partial charge in [0.15, 0.2) is 0 Å². The lowest BCUT2D eigenvalue weighted by atomic mass is 10.1. The van der Waals surface area contributed by atoms with Crippen molar-refractivity contribution >= 4 is 26.5 Å². The molecule has 0 aromatic heterocycles. The van der Waals surface area contributed by atoms with E-state index in [-0.39, 0.29) is 11.1 Å². The van der Waals surface area contributed by atoms with Crippen LogP contribution in [0, 0.1) is 0 Å². The Morgan fingerprint density at radius 1 is 1.12 bits per heavy atom. The van der Waals surface area contributed by atoms with Gasteiger partial charge in [-0.1, -0.05) is 0 Å².